The molecular weight excluding hydrogens is 679 g/mol. The van der Waals surface area contributed by atoms with Crippen molar-refractivity contribution in [2.75, 3.05) is 0 Å². The zero-order chi connectivity index (χ0) is 33.0. The summed E-state index contributed by atoms with van der Waals surface area (Å²) in [6, 6.07) is 21.4. The van der Waals surface area contributed by atoms with Gasteiger partial charge in [0.15, 0.2) is 0 Å². The molecule has 2 aliphatic rings. The van der Waals surface area contributed by atoms with Crippen LogP contribution in [-0.2, 0) is 41.5 Å². The van der Waals surface area contributed by atoms with Gasteiger partial charge in [0.2, 0.25) is 0 Å². The molecule has 0 aliphatic heterocycles. The van der Waals surface area contributed by atoms with Crippen molar-refractivity contribution in [3.8, 4) is 11.1 Å². The van der Waals surface area contributed by atoms with Gasteiger partial charge in [-0.05, 0) is 35.4 Å². The summed E-state index contributed by atoms with van der Waals surface area (Å²) < 4.78 is 1.46. The molecule has 0 saturated carbocycles. The van der Waals surface area contributed by atoms with Crippen LogP contribution in [0.4, 0.5) is 0 Å². The van der Waals surface area contributed by atoms with Crippen molar-refractivity contribution in [1.29, 1.82) is 0 Å². The first-order valence-corrected chi connectivity index (χ1v) is 17.7. The Morgan fingerprint density at radius 1 is 0.804 bits per heavy atom. The minimum absolute atomic E-state index is 0. The van der Waals surface area contributed by atoms with E-state index in [-0.39, 0.29) is 35.6 Å². The molecule has 46 heavy (non-hydrogen) atoms. The van der Waals surface area contributed by atoms with Crippen molar-refractivity contribution in [3.05, 3.63) is 117 Å². The number of halogens is 2. The molecule has 248 valence electrons. The van der Waals surface area contributed by atoms with Crippen LogP contribution in [-0.4, -0.2) is 3.21 Å². The molecule has 3 aromatic carbocycles. The number of allylic oxidation sites excluding steroid dienone is 4. The van der Waals surface area contributed by atoms with Crippen LogP contribution in [0.1, 0.15) is 128 Å². The first-order valence-electron chi connectivity index (χ1n) is 16.5. The summed E-state index contributed by atoms with van der Waals surface area (Å²) in [5.74, 6) is 0.587. The maximum atomic E-state index is 3.69. The summed E-state index contributed by atoms with van der Waals surface area (Å²) in [5.41, 5.74) is 14.7. The molecule has 0 amide bonds. The average molecular weight is 735 g/mol. The Hall–Kier alpha value is -1.53. The van der Waals surface area contributed by atoms with Gasteiger partial charge < -0.3 is 24.8 Å². The van der Waals surface area contributed by atoms with Crippen LogP contribution in [0.3, 0.4) is 0 Å². The first-order chi connectivity index (χ1) is 20.3. The van der Waals surface area contributed by atoms with Gasteiger partial charge in [-0.25, -0.2) is 6.08 Å². The number of benzene rings is 3. The predicted molar refractivity (Wildman–Crippen MR) is 190 cm³/mol. The number of rotatable bonds is 3. The van der Waals surface area contributed by atoms with Crippen LogP contribution in [0.25, 0.3) is 11.1 Å². The fourth-order valence-electron chi connectivity index (χ4n) is 6.16. The van der Waals surface area contributed by atoms with Gasteiger partial charge in [0.05, 0.1) is 0 Å². The van der Waals surface area contributed by atoms with Gasteiger partial charge in [-0.15, -0.1) is 16.7 Å². The van der Waals surface area contributed by atoms with E-state index in [4.69, 9.17) is 0 Å². The molecule has 0 bridgehead atoms. The second-order valence-corrected chi connectivity index (χ2v) is 17.6. The maximum absolute atomic E-state index is 3.69. The molecule has 0 nitrogen and oxygen atoms in total. The molecule has 0 heterocycles. The summed E-state index contributed by atoms with van der Waals surface area (Å²) in [4.78, 5) is 0. The topological polar surface area (TPSA) is 0 Å². The van der Waals surface area contributed by atoms with Crippen LogP contribution in [0.5, 0.6) is 0 Å². The van der Waals surface area contributed by atoms with Crippen LogP contribution in [0.2, 0.25) is 0 Å². The van der Waals surface area contributed by atoms with Crippen molar-refractivity contribution in [2.24, 2.45) is 11.3 Å². The van der Waals surface area contributed by atoms with Gasteiger partial charge in [-0.3, -0.25) is 6.08 Å². The zero-order valence-corrected chi connectivity index (χ0v) is 34.7. The summed E-state index contributed by atoms with van der Waals surface area (Å²) in [6.07, 6.45) is 11.5. The van der Waals surface area contributed by atoms with E-state index in [1.165, 1.54) is 95.9 Å². The van der Waals surface area contributed by atoms with E-state index in [9.17, 15) is 0 Å². The number of aryl methyl sites for hydroxylation is 2. The second kappa shape index (κ2) is 17.2. The van der Waals surface area contributed by atoms with Crippen molar-refractivity contribution < 1.29 is 49.0 Å². The molecule has 0 aromatic heterocycles. The zero-order valence-electron chi connectivity index (χ0n) is 30.7. The monoisotopic (exact) mass is 732 g/mol. The van der Waals surface area contributed by atoms with E-state index in [1.54, 1.807) is 0 Å². The van der Waals surface area contributed by atoms with Crippen LogP contribution in [0, 0.1) is 37.3 Å². The van der Waals surface area contributed by atoms with Gasteiger partial charge in [0.1, 0.15) is 0 Å². The van der Waals surface area contributed by atoms with Crippen LogP contribution in [0.15, 0.2) is 66.3 Å². The fourth-order valence-corrected chi connectivity index (χ4v) is 6.57. The first kappa shape index (κ1) is 42.5. The standard InChI is InChI=1S/C23H29.C12H19.C8H8.2ClH.Zr/c1-14-9-16-11-17-10-15(2)21(23(6,7)8)13-19(17)18(16)12-20(14)22(3,4)5;1-5-6-10-7-8-11(9-10)12(2,3)4;1-2-8-6-4-3-5-7-8;;;/h9,12-13H,11H2,1-8H3;8-10H,5-6H2,1-4H3;3-7H,1H3;2*1H;/q2*-1;;;;+2/p-2. The molecule has 5 rings (SSSR count). The van der Waals surface area contributed by atoms with Gasteiger partial charge in [0, 0.05) is 0 Å². The Balaban J connectivity index is 0.000000387. The number of hydrogen-bond donors (Lipinski definition) is 0. The van der Waals surface area contributed by atoms with Crippen LogP contribution < -0.4 is 24.8 Å². The molecular formula is C43H56Cl2Zr-2. The summed E-state index contributed by atoms with van der Waals surface area (Å²) >= 11 is 1.51. The molecule has 0 spiro atoms. The molecule has 1 unspecified atom stereocenters. The molecule has 3 heteroatoms. The molecule has 2 aliphatic carbocycles. The van der Waals surface area contributed by atoms with Crippen molar-refractivity contribution in [3.63, 3.8) is 0 Å². The van der Waals surface area contributed by atoms with E-state index >= 15 is 0 Å². The van der Waals surface area contributed by atoms with Gasteiger partial charge >= 0.3 is 70.3 Å². The van der Waals surface area contributed by atoms with E-state index in [0.717, 1.165) is 6.42 Å². The van der Waals surface area contributed by atoms with Crippen molar-refractivity contribution in [2.45, 2.75) is 120 Å². The smallest absolute Gasteiger partial charge is 0.0129 e. The third-order valence-electron chi connectivity index (χ3n) is 8.59. The number of hydrogen-bond acceptors (Lipinski definition) is 0. The van der Waals surface area contributed by atoms with Crippen molar-refractivity contribution >= 4 is 3.21 Å². The Labute approximate surface area is 310 Å². The molecule has 0 N–H and O–H groups in total. The Bertz CT molecular complexity index is 1450. The molecule has 3 aromatic rings. The van der Waals surface area contributed by atoms with Gasteiger partial charge in [-0.1, -0.05) is 123 Å². The largest absolute Gasteiger partial charge is 1.00 e. The molecule has 0 radical (unpaired) electrons. The average Bonchev–Trinajstić information content (AvgIpc) is 3.52. The van der Waals surface area contributed by atoms with Crippen molar-refractivity contribution in [1.82, 2.24) is 0 Å². The second-order valence-electron chi connectivity index (χ2n) is 15.8. The van der Waals surface area contributed by atoms with Crippen LogP contribution >= 0.6 is 0 Å². The molecule has 0 saturated heterocycles. The Morgan fingerprint density at radius 2 is 1.37 bits per heavy atom. The summed E-state index contributed by atoms with van der Waals surface area (Å²) in [7, 11) is 0. The maximum Gasteiger partial charge on any atom is -0.0129 e. The SMILES string of the molecule is CCCC1[C-]=CC(C(C)(C)C)=C1.C[C](=[Zr+2])c1ccccc1.Cc1[c-]c2c(cc1C(C)(C)C)-c1cc(C(C)(C)C)c(C)cc1C2.[Cl-].[Cl-]. The van der Waals surface area contributed by atoms with E-state index in [0.29, 0.717) is 11.3 Å². The predicted octanol–water partition coefficient (Wildman–Crippen LogP) is 5.80. The third-order valence-corrected chi connectivity index (χ3v) is 9.30. The molecule has 1 atom stereocenters. The summed E-state index contributed by atoms with van der Waals surface area (Å²) in [5, 5.41) is 0. The Morgan fingerprint density at radius 3 is 1.83 bits per heavy atom. The van der Waals surface area contributed by atoms with E-state index < -0.39 is 0 Å². The normalized spacial score (nSPS) is 14.8. The quantitative estimate of drug-likeness (QED) is 0.234. The van der Waals surface area contributed by atoms with E-state index in [1.807, 2.05) is 6.07 Å². The summed E-state index contributed by atoms with van der Waals surface area (Å²) in [6.45, 7) is 29.4. The van der Waals surface area contributed by atoms with E-state index in [2.05, 4.69) is 157 Å². The minimum Gasteiger partial charge on any atom is -1.00 e. The minimum atomic E-state index is 0. The molecule has 0 fully saturated rings. The van der Waals surface area contributed by atoms with Gasteiger partial charge in [0.25, 0.3) is 0 Å². The third kappa shape index (κ3) is 11.3. The Kier molecular flexibility index (Phi) is 15.9. The van der Waals surface area contributed by atoms with Gasteiger partial charge in [-0.2, -0.15) is 29.3 Å². The number of fused-ring (bicyclic) bond motifs is 3. The fraction of sp³-hybridized carbons (Fsp3) is 0.465.